The van der Waals surface area contributed by atoms with Gasteiger partial charge in [0.1, 0.15) is 12.2 Å². The summed E-state index contributed by atoms with van der Waals surface area (Å²) in [5.74, 6) is -0.882. The molecule has 0 bridgehead atoms. The van der Waals surface area contributed by atoms with E-state index in [4.69, 9.17) is 14.2 Å². The summed E-state index contributed by atoms with van der Waals surface area (Å²) in [6, 6.07) is 9.57. The first-order valence-electron chi connectivity index (χ1n) is 7.42. The molecule has 0 aliphatic carbocycles. The van der Waals surface area contributed by atoms with Gasteiger partial charge in [0.05, 0.1) is 12.5 Å². The smallest absolute Gasteiger partial charge is 0.310 e. The van der Waals surface area contributed by atoms with Crippen molar-refractivity contribution in [3.63, 3.8) is 0 Å². The van der Waals surface area contributed by atoms with Gasteiger partial charge in [0, 0.05) is 0 Å². The quantitative estimate of drug-likeness (QED) is 0.782. The molecule has 4 heteroatoms. The number of rotatable bonds is 5. The molecule has 0 spiro atoms. The molecule has 4 nitrogen and oxygen atoms in total. The zero-order chi connectivity index (χ0) is 15.5. The van der Waals surface area contributed by atoms with Crippen LogP contribution in [0.2, 0.25) is 0 Å². The van der Waals surface area contributed by atoms with Crippen molar-refractivity contribution in [2.24, 2.45) is 0 Å². The highest BCUT2D eigenvalue weighted by atomic mass is 16.8. The Kier molecular flexibility index (Phi) is 4.69. The van der Waals surface area contributed by atoms with Gasteiger partial charge >= 0.3 is 5.97 Å². The number of ether oxygens (including phenoxy) is 3. The van der Waals surface area contributed by atoms with Gasteiger partial charge in [0.2, 0.25) is 0 Å². The zero-order valence-corrected chi connectivity index (χ0v) is 13.2. The van der Waals surface area contributed by atoms with Crippen LogP contribution in [-0.2, 0) is 25.4 Å². The number of esters is 1. The van der Waals surface area contributed by atoms with Crippen molar-refractivity contribution in [3.05, 3.63) is 35.9 Å². The summed E-state index contributed by atoms with van der Waals surface area (Å²) in [6.45, 7) is 7.95. The third-order valence-corrected chi connectivity index (χ3v) is 3.67. The minimum absolute atomic E-state index is 0.0722. The third kappa shape index (κ3) is 4.05. The number of carbonyl (C=O) groups excluding carboxylic acids is 1. The molecule has 0 radical (unpaired) electrons. The van der Waals surface area contributed by atoms with Crippen LogP contribution in [0.15, 0.2) is 30.3 Å². The maximum Gasteiger partial charge on any atom is 0.310 e. The standard InChI is InChI=1S/C17H24O4/c1-5-14-17(4,21-16(2,3)20-14)12-19-15(18)11-13-9-7-6-8-10-13/h6-10,14H,5,11-12H2,1-4H3. The first kappa shape index (κ1) is 16.0. The molecule has 116 valence electrons. The number of hydrogen-bond acceptors (Lipinski definition) is 4. The van der Waals surface area contributed by atoms with E-state index in [0.29, 0.717) is 0 Å². The van der Waals surface area contributed by atoms with Crippen LogP contribution in [0.1, 0.15) is 39.7 Å². The van der Waals surface area contributed by atoms with Crippen molar-refractivity contribution in [3.8, 4) is 0 Å². The van der Waals surface area contributed by atoms with Gasteiger partial charge in [0.25, 0.3) is 0 Å². The Bertz CT molecular complexity index is 483. The molecule has 1 aliphatic rings. The highest BCUT2D eigenvalue weighted by molar-refractivity contribution is 5.72. The Balaban J connectivity index is 1.91. The number of benzene rings is 1. The average molecular weight is 292 g/mol. The summed E-state index contributed by atoms with van der Waals surface area (Å²) >= 11 is 0. The summed E-state index contributed by atoms with van der Waals surface area (Å²) in [7, 11) is 0. The Morgan fingerprint density at radius 2 is 1.90 bits per heavy atom. The molecule has 1 fully saturated rings. The van der Waals surface area contributed by atoms with Crippen LogP contribution in [0.25, 0.3) is 0 Å². The normalized spacial score (nSPS) is 27.5. The summed E-state index contributed by atoms with van der Waals surface area (Å²) < 4.78 is 17.2. The molecule has 0 saturated carbocycles. The van der Waals surface area contributed by atoms with Crippen LogP contribution < -0.4 is 0 Å². The van der Waals surface area contributed by atoms with E-state index in [1.54, 1.807) is 0 Å². The second-order valence-electron chi connectivity index (χ2n) is 6.15. The largest absolute Gasteiger partial charge is 0.462 e. The molecule has 1 aliphatic heterocycles. The van der Waals surface area contributed by atoms with Gasteiger partial charge in [-0.1, -0.05) is 37.3 Å². The first-order chi connectivity index (χ1) is 9.85. The first-order valence-corrected chi connectivity index (χ1v) is 7.42. The van der Waals surface area contributed by atoms with Crippen LogP contribution >= 0.6 is 0 Å². The maximum atomic E-state index is 11.9. The molecule has 0 N–H and O–H groups in total. The molecule has 0 amide bonds. The summed E-state index contributed by atoms with van der Waals surface area (Å²) in [6.07, 6.45) is 1.02. The zero-order valence-electron chi connectivity index (χ0n) is 13.2. The van der Waals surface area contributed by atoms with E-state index in [1.165, 1.54) is 0 Å². The molecule has 1 aromatic carbocycles. The van der Waals surface area contributed by atoms with Crippen molar-refractivity contribution in [1.82, 2.24) is 0 Å². The predicted molar refractivity (Wildman–Crippen MR) is 79.8 cm³/mol. The number of carbonyl (C=O) groups is 1. The lowest BCUT2D eigenvalue weighted by atomic mass is 9.98. The van der Waals surface area contributed by atoms with Gasteiger partial charge in [0.15, 0.2) is 5.79 Å². The lowest BCUT2D eigenvalue weighted by molar-refractivity contribution is -0.176. The Hall–Kier alpha value is -1.39. The molecule has 21 heavy (non-hydrogen) atoms. The van der Waals surface area contributed by atoms with Crippen molar-refractivity contribution in [1.29, 1.82) is 0 Å². The van der Waals surface area contributed by atoms with Crippen LogP contribution in [0, 0.1) is 0 Å². The van der Waals surface area contributed by atoms with Gasteiger partial charge in [-0.05, 0) is 32.8 Å². The lowest BCUT2D eigenvalue weighted by Crippen LogP contribution is -2.42. The van der Waals surface area contributed by atoms with Gasteiger partial charge < -0.3 is 14.2 Å². The molecular weight excluding hydrogens is 268 g/mol. The molecule has 2 atom stereocenters. The fraction of sp³-hybridized carbons (Fsp3) is 0.588. The van der Waals surface area contributed by atoms with Crippen molar-refractivity contribution in [2.45, 2.75) is 58.0 Å². The van der Waals surface area contributed by atoms with Gasteiger partial charge in [-0.15, -0.1) is 0 Å². The highest BCUT2D eigenvalue weighted by Crippen LogP contribution is 2.38. The van der Waals surface area contributed by atoms with E-state index in [0.717, 1.165) is 12.0 Å². The fourth-order valence-corrected chi connectivity index (χ4v) is 2.79. The third-order valence-electron chi connectivity index (χ3n) is 3.67. The Labute approximate surface area is 126 Å². The molecule has 1 aromatic rings. The van der Waals surface area contributed by atoms with E-state index in [9.17, 15) is 4.79 Å². The lowest BCUT2D eigenvalue weighted by Gasteiger charge is -2.27. The van der Waals surface area contributed by atoms with E-state index in [2.05, 4.69) is 0 Å². The topological polar surface area (TPSA) is 44.8 Å². The SMILES string of the molecule is CCC1OC(C)(C)OC1(C)COC(=O)Cc1ccccc1. The monoisotopic (exact) mass is 292 g/mol. The molecular formula is C17H24O4. The second kappa shape index (κ2) is 6.16. The predicted octanol–water partition coefficient (Wildman–Crippen LogP) is 3.09. The Morgan fingerprint density at radius 3 is 2.52 bits per heavy atom. The van der Waals surface area contributed by atoms with Crippen LogP contribution in [0.4, 0.5) is 0 Å². The van der Waals surface area contributed by atoms with Crippen molar-refractivity contribution >= 4 is 5.97 Å². The van der Waals surface area contributed by atoms with Gasteiger partial charge in [-0.2, -0.15) is 0 Å². The van der Waals surface area contributed by atoms with Crippen molar-refractivity contribution < 1.29 is 19.0 Å². The summed E-state index contributed by atoms with van der Waals surface area (Å²) in [5.41, 5.74) is 0.355. The molecule has 1 saturated heterocycles. The van der Waals surface area contributed by atoms with E-state index in [-0.39, 0.29) is 25.1 Å². The summed E-state index contributed by atoms with van der Waals surface area (Å²) in [5, 5.41) is 0. The molecule has 1 heterocycles. The van der Waals surface area contributed by atoms with E-state index >= 15 is 0 Å². The van der Waals surface area contributed by atoms with Crippen LogP contribution in [0.3, 0.4) is 0 Å². The second-order valence-corrected chi connectivity index (χ2v) is 6.15. The molecule has 0 aromatic heterocycles. The summed E-state index contributed by atoms with van der Waals surface area (Å²) in [4.78, 5) is 11.9. The minimum Gasteiger partial charge on any atom is -0.462 e. The van der Waals surface area contributed by atoms with E-state index < -0.39 is 11.4 Å². The Morgan fingerprint density at radius 1 is 1.24 bits per heavy atom. The van der Waals surface area contributed by atoms with Gasteiger partial charge in [-0.25, -0.2) is 0 Å². The minimum atomic E-state index is -0.638. The fourth-order valence-electron chi connectivity index (χ4n) is 2.79. The average Bonchev–Trinajstić information content (AvgIpc) is 2.67. The van der Waals surface area contributed by atoms with Crippen LogP contribution in [0.5, 0.6) is 0 Å². The molecule has 2 rings (SSSR count). The number of hydrogen-bond donors (Lipinski definition) is 0. The van der Waals surface area contributed by atoms with Crippen LogP contribution in [-0.4, -0.2) is 30.1 Å². The van der Waals surface area contributed by atoms with E-state index in [1.807, 2.05) is 58.0 Å². The maximum absolute atomic E-state index is 11.9. The van der Waals surface area contributed by atoms with Gasteiger partial charge in [-0.3, -0.25) is 4.79 Å². The van der Waals surface area contributed by atoms with Crippen molar-refractivity contribution in [2.75, 3.05) is 6.61 Å². The highest BCUT2D eigenvalue weighted by Gasteiger charge is 2.50. The molecule has 2 unspecified atom stereocenters.